The summed E-state index contributed by atoms with van der Waals surface area (Å²) in [5.74, 6) is 6.50. The number of amides is 1. The lowest BCUT2D eigenvalue weighted by atomic mass is 9.93. The molecule has 0 aromatic carbocycles. The fourth-order valence-corrected chi connectivity index (χ4v) is 7.81. The molecule has 2 heterocycles. The molecule has 2 aromatic heterocycles. The zero-order chi connectivity index (χ0) is 25.5. The number of carbonyl (C=O) groups is 1. The van der Waals surface area contributed by atoms with E-state index in [1.165, 1.54) is 11.3 Å². The first kappa shape index (κ1) is 26.0. The summed E-state index contributed by atoms with van der Waals surface area (Å²) < 4.78 is 31.5. The molecule has 2 aliphatic rings. The van der Waals surface area contributed by atoms with Crippen LogP contribution in [0.2, 0.25) is 0 Å². The molecule has 0 bridgehead atoms. The molecule has 192 valence electrons. The summed E-state index contributed by atoms with van der Waals surface area (Å²) in [5, 5.41) is 8.10. The average Bonchev–Trinajstić information content (AvgIpc) is 3.51. The number of aryl methyl sites for hydroxylation is 3. The third-order valence-corrected chi connectivity index (χ3v) is 9.44. The van der Waals surface area contributed by atoms with Gasteiger partial charge in [-0.15, -0.1) is 11.3 Å². The summed E-state index contributed by atoms with van der Waals surface area (Å²) in [7, 11) is -2.00. The van der Waals surface area contributed by atoms with Gasteiger partial charge < -0.3 is 10.7 Å². The van der Waals surface area contributed by atoms with Gasteiger partial charge in [-0.05, 0) is 62.7 Å². The van der Waals surface area contributed by atoms with E-state index in [4.69, 9.17) is 18.1 Å². The van der Waals surface area contributed by atoms with Crippen molar-refractivity contribution in [1.29, 1.82) is 0 Å². The standard InChI is InChI=1S/C22H33N7O3S3/c1-12(2)11-24-35(31,32)19-16-10-15(29(22(33)26-23)18-9-13(3)27-28(18)4)7-8-17(16)34-21(19)25-20(30)14-5-6-14/h9,12,14-15,24H,5-8,10-11,23H2,1-4H3,(H,25,30)(H,26,33). The quantitative estimate of drug-likeness (QED) is 0.228. The fraction of sp³-hybridized carbons (Fsp3) is 0.591. The van der Waals surface area contributed by atoms with Gasteiger partial charge >= 0.3 is 0 Å². The minimum absolute atomic E-state index is 0.0300. The Morgan fingerprint density at radius 3 is 2.66 bits per heavy atom. The number of sulfonamides is 1. The van der Waals surface area contributed by atoms with Gasteiger partial charge in [0.15, 0.2) is 5.11 Å². The maximum absolute atomic E-state index is 13.5. The van der Waals surface area contributed by atoms with E-state index in [1.807, 2.05) is 38.8 Å². The molecule has 10 nitrogen and oxygen atoms in total. The number of hydrazine groups is 1. The van der Waals surface area contributed by atoms with Crippen molar-refractivity contribution in [3.63, 3.8) is 0 Å². The van der Waals surface area contributed by atoms with Crippen molar-refractivity contribution in [2.24, 2.45) is 24.7 Å². The third kappa shape index (κ3) is 5.53. The van der Waals surface area contributed by atoms with Crippen LogP contribution in [0.25, 0.3) is 0 Å². The number of hydrogen-bond donors (Lipinski definition) is 4. The smallest absolute Gasteiger partial charge is 0.243 e. The average molecular weight is 540 g/mol. The Labute approximate surface area is 215 Å². The third-order valence-electron chi connectivity index (χ3n) is 6.25. The molecule has 0 aliphatic heterocycles. The monoisotopic (exact) mass is 539 g/mol. The predicted octanol–water partition coefficient (Wildman–Crippen LogP) is 2.18. The first-order valence-electron chi connectivity index (χ1n) is 11.8. The second-order valence-electron chi connectivity index (χ2n) is 9.65. The summed E-state index contributed by atoms with van der Waals surface area (Å²) in [6.07, 6.45) is 3.53. The topological polar surface area (TPSA) is 134 Å². The molecule has 2 aliphatic carbocycles. The highest BCUT2D eigenvalue weighted by Crippen LogP contribution is 2.43. The Bertz CT molecular complexity index is 1230. The van der Waals surface area contributed by atoms with E-state index in [0.717, 1.165) is 41.2 Å². The highest BCUT2D eigenvalue weighted by Gasteiger charge is 2.38. The van der Waals surface area contributed by atoms with Crippen LogP contribution in [-0.4, -0.2) is 41.8 Å². The molecule has 5 N–H and O–H groups in total. The molecule has 0 saturated heterocycles. The summed E-state index contributed by atoms with van der Waals surface area (Å²) in [6.45, 7) is 6.12. The number of carbonyl (C=O) groups excluding carboxylic acids is 1. The highest BCUT2D eigenvalue weighted by molar-refractivity contribution is 7.90. The molecule has 1 saturated carbocycles. The van der Waals surface area contributed by atoms with E-state index >= 15 is 0 Å². The number of fused-ring (bicyclic) bond motifs is 1. The fourth-order valence-electron chi connectivity index (χ4n) is 4.38. The van der Waals surface area contributed by atoms with Crippen LogP contribution in [0.4, 0.5) is 10.8 Å². The van der Waals surface area contributed by atoms with Crippen LogP contribution in [0.3, 0.4) is 0 Å². The van der Waals surface area contributed by atoms with E-state index < -0.39 is 10.0 Å². The second kappa shape index (κ2) is 10.1. The summed E-state index contributed by atoms with van der Waals surface area (Å²) >= 11 is 6.91. The van der Waals surface area contributed by atoms with Crippen molar-refractivity contribution in [3.8, 4) is 0 Å². The van der Waals surface area contributed by atoms with Crippen molar-refractivity contribution >= 4 is 55.4 Å². The van der Waals surface area contributed by atoms with Gasteiger partial charge in [-0.3, -0.25) is 14.4 Å². The molecule has 1 atom stereocenters. The number of nitrogens with two attached hydrogens (primary N) is 1. The number of anilines is 2. The van der Waals surface area contributed by atoms with Crippen molar-refractivity contribution in [2.45, 2.75) is 63.8 Å². The van der Waals surface area contributed by atoms with E-state index in [0.29, 0.717) is 29.5 Å². The van der Waals surface area contributed by atoms with Gasteiger partial charge in [-0.1, -0.05) is 13.8 Å². The van der Waals surface area contributed by atoms with Crippen LogP contribution in [0, 0.1) is 18.8 Å². The molecule has 35 heavy (non-hydrogen) atoms. The second-order valence-corrected chi connectivity index (χ2v) is 12.9. The van der Waals surface area contributed by atoms with Gasteiger partial charge in [0.05, 0.1) is 5.69 Å². The van der Waals surface area contributed by atoms with Crippen molar-refractivity contribution in [2.75, 3.05) is 16.8 Å². The summed E-state index contributed by atoms with van der Waals surface area (Å²) in [5.41, 5.74) is 4.15. The van der Waals surface area contributed by atoms with Gasteiger partial charge in [0.1, 0.15) is 15.7 Å². The maximum Gasteiger partial charge on any atom is 0.243 e. The largest absolute Gasteiger partial charge is 0.316 e. The summed E-state index contributed by atoms with van der Waals surface area (Å²) in [4.78, 5) is 15.7. The Morgan fingerprint density at radius 2 is 2.09 bits per heavy atom. The first-order chi connectivity index (χ1) is 16.5. The van der Waals surface area contributed by atoms with Gasteiger partial charge in [-0.25, -0.2) is 19.0 Å². The molecule has 2 aromatic rings. The lowest BCUT2D eigenvalue weighted by Gasteiger charge is -2.35. The van der Waals surface area contributed by atoms with Gasteiger partial charge in [0.2, 0.25) is 15.9 Å². The summed E-state index contributed by atoms with van der Waals surface area (Å²) in [6, 6.07) is 1.79. The van der Waals surface area contributed by atoms with E-state index in [2.05, 4.69) is 20.6 Å². The number of rotatable bonds is 8. The molecular weight excluding hydrogens is 506 g/mol. The van der Waals surface area contributed by atoms with E-state index in [-0.39, 0.29) is 28.7 Å². The van der Waals surface area contributed by atoms with Gasteiger partial charge in [0.25, 0.3) is 0 Å². The lowest BCUT2D eigenvalue weighted by molar-refractivity contribution is -0.117. The zero-order valence-electron chi connectivity index (χ0n) is 20.4. The molecule has 0 spiro atoms. The van der Waals surface area contributed by atoms with Crippen LogP contribution in [0.1, 0.15) is 49.2 Å². The van der Waals surface area contributed by atoms with Gasteiger partial charge in [-0.2, -0.15) is 5.10 Å². The Balaban J connectivity index is 1.74. The number of nitrogens with zero attached hydrogens (tertiary/aromatic N) is 3. The van der Waals surface area contributed by atoms with E-state index in [9.17, 15) is 13.2 Å². The van der Waals surface area contributed by atoms with Gasteiger partial charge in [0, 0.05) is 36.5 Å². The molecule has 1 fully saturated rings. The van der Waals surface area contributed by atoms with Crippen LogP contribution < -0.4 is 26.2 Å². The van der Waals surface area contributed by atoms with Crippen LogP contribution >= 0.6 is 23.6 Å². The van der Waals surface area contributed by atoms with Crippen molar-refractivity contribution < 1.29 is 13.2 Å². The Morgan fingerprint density at radius 1 is 1.37 bits per heavy atom. The molecular formula is C22H33N7O3S3. The SMILES string of the molecule is Cc1cc(N(C(=S)NN)C2CCc3sc(NC(=O)C4CC4)c(S(=O)(=O)NCC(C)C)c3C2)n(C)n1. The van der Waals surface area contributed by atoms with Crippen LogP contribution in [0.15, 0.2) is 11.0 Å². The maximum atomic E-state index is 13.5. The van der Waals surface area contributed by atoms with E-state index in [1.54, 1.807) is 4.68 Å². The zero-order valence-corrected chi connectivity index (χ0v) is 22.9. The Hall–Kier alpha value is -2.06. The van der Waals surface area contributed by atoms with Crippen LogP contribution in [0.5, 0.6) is 0 Å². The predicted molar refractivity (Wildman–Crippen MR) is 142 cm³/mol. The van der Waals surface area contributed by atoms with Crippen molar-refractivity contribution in [1.82, 2.24) is 19.9 Å². The lowest BCUT2D eigenvalue weighted by Crippen LogP contribution is -2.51. The molecule has 1 amide bonds. The number of thiophene rings is 1. The minimum atomic E-state index is -3.84. The molecule has 4 rings (SSSR count). The normalized spacial score (nSPS) is 17.8. The van der Waals surface area contributed by atoms with Crippen molar-refractivity contribution in [3.05, 3.63) is 22.2 Å². The molecule has 1 unspecified atom stereocenters. The molecule has 13 heteroatoms. The number of hydrogen-bond acceptors (Lipinski definition) is 7. The highest BCUT2D eigenvalue weighted by atomic mass is 32.2. The first-order valence-corrected chi connectivity index (χ1v) is 14.5. The number of aromatic nitrogens is 2. The molecule has 0 radical (unpaired) electrons. The van der Waals surface area contributed by atoms with Crippen LogP contribution in [-0.2, 0) is 34.7 Å². The Kier molecular flexibility index (Phi) is 7.53. The minimum Gasteiger partial charge on any atom is -0.316 e. The number of nitrogens with one attached hydrogen (secondary N) is 3. The number of thiocarbonyl (C=S) groups is 1.